The predicted molar refractivity (Wildman–Crippen MR) is 107 cm³/mol. The quantitative estimate of drug-likeness (QED) is 0.823. The van der Waals surface area contributed by atoms with Crippen LogP contribution < -0.4 is 10.1 Å². The average Bonchev–Trinajstić information content (AvgIpc) is 2.71. The molecule has 0 radical (unpaired) electrons. The number of hydrogen-bond acceptors (Lipinski definition) is 4. The number of carbonyl (C=O) groups is 1. The lowest BCUT2D eigenvalue weighted by Gasteiger charge is -2.35. The molecule has 2 aromatic rings. The third kappa shape index (κ3) is 5.01. The van der Waals surface area contributed by atoms with Crippen molar-refractivity contribution in [3.63, 3.8) is 0 Å². The maximum atomic E-state index is 12.7. The summed E-state index contributed by atoms with van der Waals surface area (Å²) in [6.45, 7) is 5.50. The summed E-state index contributed by atoms with van der Waals surface area (Å²) in [6, 6.07) is 13.5. The number of nitrogens with zero attached hydrogens (tertiary/aromatic N) is 1. The fraction of sp³-hybridized carbons (Fsp3) is 0.381. The zero-order valence-corrected chi connectivity index (χ0v) is 16.5. The van der Waals surface area contributed by atoms with Gasteiger partial charge < -0.3 is 14.8 Å². The Morgan fingerprint density at radius 2 is 1.93 bits per heavy atom. The monoisotopic (exact) mass is 388 g/mol. The number of amides is 1. The lowest BCUT2D eigenvalue weighted by Crippen LogP contribution is -2.43. The van der Waals surface area contributed by atoms with E-state index in [1.54, 1.807) is 13.2 Å². The molecule has 5 nitrogen and oxygen atoms in total. The maximum absolute atomic E-state index is 12.7. The molecule has 0 aliphatic carbocycles. The van der Waals surface area contributed by atoms with Gasteiger partial charge in [0.25, 0.3) is 5.91 Å². The molecule has 6 heteroatoms. The minimum Gasteiger partial charge on any atom is -0.497 e. The number of rotatable bonds is 6. The summed E-state index contributed by atoms with van der Waals surface area (Å²) < 4.78 is 10.7. The van der Waals surface area contributed by atoms with Crippen LogP contribution in [0.3, 0.4) is 0 Å². The maximum Gasteiger partial charge on any atom is 0.252 e. The largest absolute Gasteiger partial charge is 0.497 e. The van der Waals surface area contributed by atoms with Crippen molar-refractivity contribution < 1.29 is 14.3 Å². The van der Waals surface area contributed by atoms with E-state index in [0.29, 0.717) is 30.3 Å². The molecule has 0 spiro atoms. The summed E-state index contributed by atoms with van der Waals surface area (Å²) in [6.07, 6.45) is 0. The number of nitrogens with one attached hydrogen (secondary N) is 1. The van der Waals surface area contributed by atoms with Crippen LogP contribution in [0.2, 0.25) is 5.02 Å². The molecule has 27 heavy (non-hydrogen) atoms. The number of morpholine rings is 1. The number of methoxy groups -OCH3 is 1. The molecule has 1 aliphatic rings. The second-order valence-corrected chi connectivity index (χ2v) is 7.04. The van der Waals surface area contributed by atoms with Crippen molar-refractivity contribution in [1.82, 2.24) is 10.2 Å². The number of halogens is 1. The second-order valence-electron chi connectivity index (χ2n) is 6.63. The van der Waals surface area contributed by atoms with Crippen LogP contribution in [0.5, 0.6) is 5.75 Å². The first-order chi connectivity index (χ1) is 13.1. The van der Waals surface area contributed by atoms with Crippen LogP contribution in [0.4, 0.5) is 0 Å². The Bertz CT molecular complexity index is 773. The number of ether oxygens (including phenoxy) is 2. The van der Waals surface area contributed by atoms with Crippen LogP contribution in [0.25, 0.3) is 0 Å². The molecule has 1 saturated heterocycles. The van der Waals surface area contributed by atoms with Crippen molar-refractivity contribution in [3.8, 4) is 5.75 Å². The summed E-state index contributed by atoms with van der Waals surface area (Å²) in [5.74, 6) is 0.658. The highest BCUT2D eigenvalue weighted by molar-refractivity contribution is 6.33. The van der Waals surface area contributed by atoms with Gasteiger partial charge in [-0.2, -0.15) is 0 Å². The van der Waals surface area contributed by atoms with E-state index in [9.17, 15) is 4.79 Å². The van der Waals surface area contributed by atoms with Crippen LogP contribution in [-0.4, -0.2) is 50.8 Å². The van der Waals surface area contributed by atoms with Crippen LogP contribution in [0.15, 0.2) is 42.5 Å². The first-order valence-electron chi connectivity index (χ1n) is 9.08. The van der Waals surface area contributed by atoms with E-state index in [2.05, 4.69) is 10.2 Å². The smallest absolute Gasteiger partial charge is 0.252 e. The third-order valence-corrected chi connectivity index (χ3v) is 5.14. The van der Waals surface area contributed by atoms with Gasteiger partial charge in [0.1, 0.15) is 5.75 Å². The summed E-state index contributed by atoms with van der Waals surface area (Å²) in [4.78, 5) is 15.0. The third-order valence-electron chi connectivity index (χ3n) is 4.81. The van der Waals surface area contributed by atoms with Gasteiger partial charge in [0, 0.05) is 19.6 Å². The van der Waals surface area contributed by atoms with Gasteiger partial charge in [0.05, 0.1) is 37.0 Å². The summed E-state index contributed by atoms with van der Waals surface area (Å²) >= 11 is 6.20. The van der Waals surface area contributed by atoms with Crippen molar-refractivity contribution >= 4 is 17.5 Å². The van der Waals surface area contributed by atoms with E-state index in [0.717, 1.165) is 30.0 Å². The molecule has 1 unspecified atom stereocenters. The Morgan fingerprint density at radius 3 is 2.59 bits per heavy atom. The number of hydrogen-bond donors (Lipinski definition) is 1. The van der Waals surface area contributed by atoms with E-state index in [-0.39, 0.29) is 11.9 Å². The molecule has 3 rings (SSSR count). The first-order valence-corrected chi connectivity index (χ1v) is 9.46. The molecule has 2 aromatic carbocycles. The molecule has 1 heterocycles. The molecule has 1 N–H and O–H groups in total. The lowest BCUT2D eigenvalue weighted by atomic mass is 10.0. The standard InChI is InChI=1S/C21H25ClN2O3/c1-15-3-8-19(22)18(13-15)21(25)23-14-20(24-9-11-27-12-10-24)16-4-6-17(26-2)7-5-16/h3-8,13,20H,9-12,14H2,1-2H3,(H,23,25). The van der Waals surface area contributed by atoms with Crippen molar-refractivity contribution in [3.05, 3.63) is 64.2 Å². The van der Waals surface area contributed by atoms with Gasteiger partial charge in [-0.15, -0.1) is 0 Å². The fourth-order valence-electron chi connectivity index (χ4n) is 3.27. The van der Waals surface area contributed by atoms with Gasteiger partial charge in [-0.3, -0.25) is 9.69 Å². The summed E-state index contributed by atoms with van der Waals surface area (Å²) in [5.41, 5.74) is 2.64. The zero-order valence-electron chi connectivity index (χ0n) is 15.7. The molecule has 0 saturated carbocycles. The topological polar surface area (TPSA) is 50.8 Å². The predicted octanol–water partition coefficient (Wildman–Crippen LogP) is 3.46. The fourth-order valence-corrected chi connectivity index (χ4v) is 3.47. The highest BCUT2D eigenvalue weighted by atomic mass is 35.5. The van der Waals surface area contributed by atoms with E-state index >= 15 is 0 Å². The van der Waals surface area contributed by atoms with Gasteiger partial charge in [0.2, 0.25) is 0 Å². The lowest BCUT2D eigenvalue weighted by molar-refractivity contribution is 0.0162. The van der Waals surface area contributed by atoms with Gasteiger partial charge in [-0.25, -0.2) is 0 Å². The van der Waals surface area contributed by atoms with Gasteiger partial charge in [-0.05, 0) is 36.8 Å². The van der Waals surface area contributed by atoms with E-state index in [1.807, 2.05) is 43.3 Å². The Labute approximate surface area is 165 Å². The average molecular weight is 389 g/mol. The zero-order chi connectivity index (χ0) is 19.2. The van der Waals surface area contributed by atoms with Crippen molar-refractivity contribution in [2.24, 2.45) is 0 Å². The van der Waals surface area contributed by atoms with Crippen molar-refractivity contribution in [2.75, 3.05) is 40.0 Å². The summed E-state index contributed by atoms with van der Waals surface area (Å²) in [7, 11) is 1.65. The number of aryl methyl sites for hydroxylation is 1. The Hall–Kier alpha value is -2.08. The minimum atomic E-state index is -0.157. The van der Waals surface area contributed by atoms with Crippen LogP contribution in [-0.2, 0) is 4.74 Å². The molecule has 0 aromatic heterocycles. The highest BCUT2D eigenvalue weighted by Gasteiger charge is 2.24. The SMILES string of the molecule is COc1ccc(C(CNC(=O)c2cc(C)ccc2Cl)N2CCOCC2)cc1. The number of benzene rings is 2. The highest BCUT2D eigenvalue weighted by Crippen LogP contribution is 2.24. The van der Waals surface area contributed by atoms with Crippen molar-refractivity contribution in [1.29, 1.82) is 0 Å². The van der Waals surface area contributed by atoms with E-state index in [1.165, 1.54) is 0 Å². The molecule has 144 valence electrons. The van der Waals surface area contributed by atoms with Gasteiger partial charge in [-0.1, -0.05) is 35.4 Å². The molecule has 1 fully saturated rings. The van der Waals surface area contributed by atoms with E-state index < -0.39 is 0 Å². The Balaban J connectivity index is 1.76. The van der Waals surface area contributed by atoms with Crippen LogP contribution >= 0.6 is 11.6 Å². The second kappa shape index (κ2) is 9.22. The molecule has 1 aliphatic heterocycles. The number of carbonyl (C=O) groups excluding carboxylic acids is 1. The molecule has 1 atom stereocenters. The van der Waals surface area contributed by atoms with Gasteiger partial charge in [0.15, 0.2) is 0 Å². The normalized spacial score (nSPS) is 16.0. The first kappa shape index (κ1) is 19.7. The Kier molecular flexibility index (Phi) is 6.72. The van der Waals surface area contributed by atoms with Crippen molar-refractivity contribution in [2.45, 2.75) is 13.0 Å². The minimum absolute atomic E-state index is 0.0624. The summed E-state index contributed by atoms with van der Waals surface area (Å²) in [5, 5.41) is 3.52. The molecular weight excluding hydrogens is 364 g/mol. The molecule has 1 amide bonds. The van der Waals surface area contributed by atoms with Crippen LogP contribution in [0.1, 0.15) is 27.5 Å². The van der Waals surface area contributed by atoms with E-state index in [4.69, 9.17) is 21.1 Å². The van der Waals surface area contributed by atoms with Gasteiger partial charge >= 0.3 is 0 Å². The molecular formula is C21H25ClN2O3. The van der Waals surface area contributed by atoms with Crippen LogP contribution in [0, 0.1) is 6.92 Å². The Morgan fingerprint density at radius 1 is 1.22 bits per heavy atom. The molecule has 0 bridgehead atoms.